The number of ketones is 1. The number of aryl methyl sites for hydroxylation is 1. The fourth-order valence-electron chi connectivity index (χ4n) is 2.99. The molecule has 0 aliphatic carbocycles. The summed E-state index contributed by atoms with van der Waals surface area (Å²) in [4.78, 5) is 35.4. The quantitative estimate of drug-likeness (QED) is 0.256. The van der Waals surface area contributed by atoms with Crippen LogP contribution in [0.5, 0.6) is 0 Å². The van der Waals surface area contributed by atoms with Crippen molar-refractivity contribution in [1.29, 1.82) is 5.26 Å². The Morgan fingerprint density at radius 3 is 2.46 bits per heavy atom. The van der Waals surface area contributed by atoms with Gasteiger partial charge in [0.1, 0.15) is 5.69 Å². The van der Waals surface area contributed by atoms with Gasteiger partial charge in [0.15, 0.2) is 6.19 Å². The van der Waals surface area contributed by atoms with Crippen LogP contribution >= 0.6 is 0 Å². The molecule has 26 heavy (non-hydrogen) atoms. The van der Waals surface area contributed by atoms with Crippen molar-refractivity contribution in [3.05, 3.63) is 51.7 Å². The van der Waals surface area contributed by atoms with Crippen LogP contribution in [0.25, 0.3) is 0 Å². The molecule has 3 N–H and O–H groups in total. The first kappa shape index (κ1) is 17.5. The van der Waals surface area contributed by atoms with Gasteiger partial charge in [-0.15, -0.1) is 0 Å². The number of nitrogens with one attached hydrogen (secondary N) is 3. The van der Waals surface area contributed by atoms with E-state index >= 15 is 0 Å². The summed E-state index contributed by atoms with van der Waals surface area (Å²) >= 11 is 0. The Hall–Kier alpha value is -3.34. The lowest BCUT2D eigenvalue weighted by atomic mass is 10.1. The second-order valence-corrected chi connectivity index (χ2v) is 6.18. The number of likely N-dealkylation sites (tertiary alicyclic amines) is 1. The first-order valence-electron chi connectivity index (χ1n) is 8.51. The average molecular weight is 352 g/mol. The summed E-state index contributed by atoms with van der Waals surface area (Å²) in [5.74, 6) is 0.264. The molecule has 1 fully saturated rings. The van der Waals surface area contributed by atoms with Gasteiger partial charge in [0.05, 0.1) is 5.69 Å². The highest BCUT2D eigenvalue weighted by Gasteiger charge is 2.16. The van der Waals surface area contributed by atoms with Crippen molar-refractivity contribution < 1.29 is 4.79 Å². The first-order valence-corrected chi connectivity index (χ1v) is 8.51. The molecule has 1 aromatic heterocycles. The maximum Gasteiger partial charge on any atom is 0.323 e. The van der Waals surface area contributed by atoms with Crippen molar-refractivity contribution in [2.45, 2.75) is 26.2 Å². The Morgan fingerprint density at radius 2 is 1.88 bits per heavy atom. The number of aliphatic imine (C=N–C) groups is 1. The highest BCUT2D eigenvalue weighted by atomic mass is 16.1. The van der Waals surface area contributed by atoms with Crippen LogP contribution in [-0.4, -0.2) is 39.7 Å². The number of aromatic amines is 2. The summed E-state index contributed by atoms with van der Waals surface area (Å²) in [6.45, 7) is 3.40. The second-order valence-electron chi connectivity index (χ2n) is 6.18. The molecule has 0 bridgehead atoms. The molecule has 0 atom stereocenters. The first-order chi connectivity index (χ1) is 12.6. The zero-order chi connectivity index (χ0) is 18.5. The Bertz CT molecular complexity index is 910. The van der Waals surface area contributed by atoms with Crippen LogP contribution in [0.2, 0.25) is 0 Å². The van der Waals surface area contributed by atoms with E-state index in [4.69, 9.17) is 5.26 Å². The number of carbonyl (C=O) groups excluding carboxylic acids is 1. The molecule has 1 aliphatic heterocycles. The van der Waals surface area contributed by atoms with Gasteiger partial charge in [0, 0.05) is 24.3 Å². The highest BCUT2D eigenvalue weighted by Crippen LogP contribution is 2.17. The Kier molecular flexibility index (Phi) is 5.17. The number of piperidine rings is 1. The van der Waals surface area contributed by atoms with Crippen LogP contribution < -0.4 is 11.0 Å². The van der Waals surface area contributed by atoms with Crippen LogP contribution in [0, 0.1) is 18.4 Å². The molecule has 134 valence electrons. The van der Waals surface area contributed by atoms with Crippen molar-refractivity contribution in [3.63, 3.8) is 0 Å². The van der Waals surface area contributed by atoms with Gasteiger partial charge in [-0.25, -0.2) is 9.79 Å². The molecule has 1 aromatic carbocycles. The third-order valence-corrected chi connectivity index (χ3v) is 4.33. The monoisotopic (exact) mass is 352 g/mol. The van der Waals surface area contributed by atoms with Crippen LogP contribution in [0.4, 0.5) is 5.69 Å². The molecule has 0 radical (unpaired) electrons. The summed E-state index contributed by atoms with van der Waals surface area (Å²) in [5.41, 5.74) is 1.46. The average Bonchev–Trinajstić information content (AvgIpc) is 3.00. The topological polar surface area (TPSA) is 117 Å². The lowest BCUT2D eigenvalue weighted by Gasteiger charge is -2.28. The number of carbonyl (C=O) groups is 1. The molecular weight excluding hydrogens is 332 g/mol. The molecule has 1 aliphatic rings. The lowest BCUT2D eigenvalue weighted by molar-refractivity contribution is 0.103. The smallest absolute Gasteiger partial charge is 0.323 e. The number of guanidine groups is 1. The number of benzene rings is 1. The molecule has 2 aromatic rings. The fourth-order valence-corrected chi connectivity index (χ4v) is 2.99. The molecule has 3 rings (SSSR count). The fraction of sp³-hybridized carbons (Fsp3) is 0.333. The number of hydrogen-bond donors (Lipinski definition) is 3. The van der Waals surface area contributed by atoms with Gasteiger partial charge in [-0.3, -0.25) is 10.1 Å². The number of aromatic nitrogens is 2. The van der Waals surface area contributed by atoms with E-state index in [1.165, 1.54) is 6.42 Å². The summed E-state index contributed by atoms with van der Waals surface area (Å²) in [7, 11) is 0. The maximum absolute atomic E-state index is 12.5. The van der Waals surface area contributed by atoms with Crippen molar-refractivity contribution >= 4 is 17.4 Å². The Morgan fingerprint density at radius 1 is 1.19 bits per heavy atom. The third-order valence-electron chi connectivity index (χ3n) is 4.33. The Balaban J connectivity index is 1.81. The number of nitrogens with zero attached hydrogens (tertiary/aromatic N) is 3. The van der Waals surface area contributed by atoms with E-state index in [1.807, 2.05) is 6.19 Å². The molecular formula is C18H20N6O2. The van der Waals surface area contributed by atoms with Crippen LogP contribution in [0.15, 0.2) is 34.1 Å². The number of nitriles is 1. The van der Waals surface area contributed by atoms with E-state index in [2.05, 4.69) is 25.2 Å². The van der Waals surface area contributed by atoms with Crippen molar-refractivity contribution in [2.24, 2.45) is 4.99 Å². The number of H-pyrrole nitrogens is 2. The van der Waals surface area contributed by atoms with Gasteiger partial charge >= 0.3 is 5.69 Å². The predicted octanol–water partition coefficient (Wildman–Crippen LogP) is 1.79. The van der Waals surface area contributed by atoms with E-state index in [9.17, 15) is 9.59 Å². The van der Waals surface area contributed by atoms with Crippen LogP contribution in [0.3, 0.4) is 0 Å². The summed E-state index contributed by atoms with van der Waals surface area (Å²) in [6, 6.07) is 6.75. The van der Waals surface area contributed by atoms with E-state index in [1.54, 1.807) is 31.2 Å². The van der Waals surface area contributed by atoms with E-state index < -0.39 is 5.69 Å². The molecule has 1 saturated heterocycles. The van der Waals surface area contributed by atoms with Crippen LogP contribution in [-0.2, 0) is 0 Å². The molecule has 0 unspecified atom stereocenters. The normalized spacial score (nSPS) is 14.8. The third kappa shape index (κ3) is 3.83. The van der Waals surface area contributed by atoms with Crippen molar-refractivity contribution in [1.82, 2.24) is 20.2 Å². The molecule has 0 saturated carbocycles. The van der Waals surface area contributed by atoms with Crippen molar-refractivity contribution in [2.75, 3.05) is 13.1 Å². The summed E-state index contributed by atoms with van der Waals surface area (Å²) in [6.07, 6.45) is 5.27. The van der Waals surface area contributed by atoms with Gasteiger partial charge in [-0.2, -0.15) is 5.26 Å². The zero-order valence-electron chi connectivity index (χ0n) is 14.5. The number of imidazole rings is 1. The molecule has 0 spiro atoms. The number of hydrogen-bond acceptors (Lipinski definition) is 4. The largest absolute Gasteiger partial charge is 0.342 e. The van der Waals surface area contributed by atoms with Gasteiger partial charge in [-0.05, 0) is 50.5 Å². The molecule has 8 heteroatoms. The maximum atomic E-state index is 12.5. The van der Waals surface area contributed by atoms with E-state index in [0.29, 0.717) is 22.9 Å². The molecule has 2 heterocycles. The second kappa shape index (κ2) is 7.70. The predicted molar refractivity (Wildman–Crippen MR) is 97.3 cm³/mol. The lowest BCUT2D eigenvalue weighted by Crippen LogP contribution is -2.42. The highest BCUT2D eigenvalue weighted by molar-refractivity contribution is 6.08. The van der Waals surface area contributed by atoms with Crippen LogP contribution in [0.1, 0.15) is 41.0 Å². The SMILES string of the molecule is Cc1[nH]c(=O)[nH]c1C(=O)c1ccc(N=C(NC#N)N2CCCCC2)cc1. The molecule has 8 nitrogen and oxygen atoms in total. The van der Waals surface area contributed by atoms with E-state index in [0.717, 1.165) is 25.9 Å². The van der Waals surface area contributed by atoms with Gasteiger partial charge in [0.2, 0.25) is 11.7 Å². The zero-order valence-corrected chi connectivity index (χ0v) is 14.5. The van der Waals surface area contributed by atoms with Gasteiger partial charge < -0.3 is 14.9 Å². The molecule has 0 amide bonds. The minimum Gasteiger partial charge on any atom is -0.342 e. The van der Waals surface area contributed by atoms with Crippen molar-refractivity contribution in [3.8, 4) is 6.19 Å². The summed E-state index contributed by atoms with van der Waals surface area (Å²) in [5, 5.41) is 11.6. The standard InChI is InChI=1S/C18H20N6O2/c1-12-15(23-18(26)21-12)16(25)13-5-7-14(8-6-13)22-17(20-11-19)24-9-3-2-4-10-24/h5-8H,2-4,9-10H2,1H3,(H,20,22)(H2,21,23,26). The number of rotatable bonds is 3. The Labute approximate surface area is 150 Å². The summed E-state index contributed by atoms with van der Waals surface area (Å²) < 4.78 is 0. The van der Waals surface area contributed by atoms with Gasteiger partial charge in [-0.1, -0.05) is 0 Å². The van der Waals surface area contributed by atoms with E-state index in [-0.39, 0.29) is 11.5 Å². The minimum atomic E-state index is -0.402. The van der Waals surface area contributed by atoms with Gasteiger partial charge in [0.25, 0.3) is 0 Å². The minimum absolute atomic E-state index is 0.256.